The van der Waals surface area contributed by atoms with Crippen LogP contribution in [0.1, 0.15) is 32.3 Å². The highest BCUT2D eigenvalue weighted by molar-refractivity contribution is 5.94. The van der Waals surface area contributed by atoms with Crippen LogP contribution < -0.4 is 11.1 Å². The Morgan fingerprint density at radius 2 is 1.85 bits per heavy atom. The van der Waals surface area contributed by atoms with Gasteiger partial charge in [-0.05, 0) is 57.5 Å². The molecule has 20 heavy (non-hydrogen) atoms. The van der Waals surface area contributed by atoms with E-state index in [0.717, 1.165) is 12.2 Å². The van der Waals surface area contributed by atoms with E-state index in [-0.39, 0.29) is 5.91 Å². The minimum atomic E-state index is -0.534. The first-order chi connectivity index (χ1) is 9.51. The van der Waals surface area contributed by atoms with Gasteiger partial charge in [-0.3, -0.25) is 9.69 Å². The standard InChI is InChI=1S/C16H25N3O/c1-16(2,12-17)15(20)18-14-7-5-13(6-8-14)11-19-9-3-4-10-19/h5-8H,3-4,9-12,17H2,1-2H3,(H,18,20). The summed E-state index contributed by atoms with van der Waals surface area (Å²) in [7, 11) is 0. The number of carbonyl (C=O) groups excluding carboxylic acids is 1. The lowest BCUT2D eigenvalue weighted by molar-refractivity contribution is -0.123. The zero-order chi connectivity index (χ0) is 14.6. The summed E-state index contributed by atoms with van der Waals surface area (Å²) in [4.78, 5) is 14.5. The average molecular weight is 275 g/mol. The lowest BCUT2D eigenvalue weighted by atomic mass is 9.92. The molecule has 1 aromatic rings. The summed E-state index contributed by atoms with van der Waals surface area (Å²) in [5, 5.41) is 2.92. The van der Waals surface area contributed by atoms with Crippen molar-refractivity contribution in [3.63, 3.8) is 0 Å². The molecule has 1 amide bonds. The molecule has 2 rings (SSSR count). The smallest absolute Gasteiger partial charge is 0.231 e. The predicted molar refractivity (Wildman–Crippen MR) is 82.4 cm³/mol. The molecule has 1 aliphatic rings. The molecule has 0 unspecified atom stereocenters. The van der Waals surface area contributed by atoms with Gasteiger partial charge in [-0.15, -0.1) is 0 Å². The van der Waals surface area contributed by atoms with E-state index in [9.17, 15) is 4.79 Å². The van der Waals surface area contributed by atoms with E-state index in [1.807, 2.05) is 26.0 Å². The van der Waals surface area contributed by atoms with Crippen LogP contribution in [0.15, 0.2) is 24.3 Å². The topological polar surface area (TPSA) is 58.4 Å². The summed E-state index contributed by atoms with van der Waals surface area (Å²) in [6, 6.07) is 8.11. The molecule has 1 heterocycles. The van der Waals surface area contributed by atoms with Gasteiger partial charge < -0.3 is 11.1 Å². The number of carbonyl (C=O) groups is 1. The van der Waals surface area contributed by atoms with Crippen molar-refractivity contribution in [2.45, 2.75) is 33.2 Å². The van der Waals surface area contributed by atoms with Gasteiger partial charge >= 0.3 is 0 Å². The molecule has 1 aromatic carbocycles. The summed E-state index contributed by atoms with van der Waals surface area (Å²) in [5.74, 6) is -0.0349. The maximum absolute atomic E-state index is 12.0. The zero-order valence-electron chi connectivity index (χ0n) is 12.5. The summed E-state index contributed by atoms with van der Waals surface area (Å²) in [6.45, 7) is 7.44. The Morgan fingerprint density at radius 1 is 1.25 bits per heavy atom. The largest absolute Gasteiger partial charge is 0.329 e. The first kappa shape index (κ1) is 15.0. The molecule has 0 saturated carbocycles. The fourth-order valence-electron chi connectivity index (χ4n) is 2.29. The van der Waals surface area contributed by atoms with Crippen LogP contribution in [0.3, 0.4) is 0 Å². The number of anilines is 1. The first-order valence-electron chi connectivity index (χ1n) is 7.34. The number of nitrogens with one attached hydrogen (secondary N) is 1. The fraction of sp³-hybridized carbons (Fsp3) is 0.562. The van der Waals surface area contributed by atoms with Gasteiger partial charge in [0.1, 0.15) is 0 Å². The Labute approximate surface area is 121 Å². The van der Waals surface area contributed by atoms with Gasteiger partial charge in [0.2, 0.25) is 5.91 Å². The van der Waals surface area contributed by atoms with Crippen molar-refractivity contribution in [2.75, 3.05) is 25.0 Å². The van der Waals surface area contributed by atoms with Crippen LogP contribution in [0.4, 0.5) is 5.69 Å². The molecule has 0 atom stereocenters. The minimum Gasteiger partial charge on any atom is -0.329 e. The maximum atomic E-state index is 12.0. The van der Waals surface area contributed by atoms with Gasteiger partial charge in [0, 0.05) is 18.8 Å². The van der Waals surface area contributed by atoms with Crippen molar-refractivity contribution in [2.24, 2.45) is 11.1 Å². The Balaban J connectivity index is 1.92. The number of rotatable bonds is 5. The van der Waals surface area contributed by atoms with E-state index in [0.29, 0.717) is 6.54 Å². The summed E-state index contributed by atoms with van der Waals surface area (Å²) < 4.78 is 0. The van der Waals surface area contributed by atoms with Gasteiger partial charge in [-0.2, -0.15) is 0 Å². The predicted octanol–water partition coefficient (Wildman–Crippen LogP) is 2.21. The van der Waals surface area contributed by atoms with Crippen LogP contribution in [-0.4, -0.2) is 30.4 Å². The Bertz CT molecular complexity index is 447. The molecular formula is C16H25N3O. The first-order valence-corrected chi connectivity index (χ1v) is 7.34. The molecule has 3 N–H and O–H groups in total. The highest BCUT2D eigenvalue weighted by Gasteiger charge is 2.25. The second-order valence-corrected chi connectivity index (χ2v) is 6.22. The van der Waals surface area contributed by atoms with Crippen LogP contribution in [0.5, 0.6) is 0 Å². The third-order valence-corrected chi connectivity index (χ3v) is 3.94. The van der Waals surface area contributed by atoms with Crippen molar-refractivity contribution in [1.82, 2.24) is 4.90 Å². The van der Waals surface area contributed by atoms with Crippen LogP contribution in [-0.2, 0) is 11.3 Å². The normalized spacial score (nSPS) is 16.4. The number of nitrogens with two attached hydrogens (primary N) is 1. The Hall–Kier alpha value is -1.39. The summed E-state index contributed by atoms with van der Waals surface area (Å²) >= 11 is 0. The monoisotopic (exact) mass is 275 g/mol. The van der Waals surface area contributed by atoms with Gasteiger partial charge in [0.05, 0.1) is 5.41 Å². The molecule has 1 fully saturated rings. The van der Waals surface area contributed by atoms with Gasteiger partial charge in [0.15, 0.2) is 0 Å². The number of amides is 1. The molecule has 0 spiro atoms. The molecule has 4 nitrogen and oxygen atoms in total. The van der Waals surface area contributed by atoms with E-state index in [2.05, 4.69) is 22.3 Å². The summed E-state index contributed by atoms with van der Waals surface area (Å²) in [5.41, 5.74) is 7.21. The molecule has 0 aromatic heterocycles. The number of hydrogen-bond donors (Lipinski definition) is 2. The molecule has 1 saturated heterocycles. The van der Waals surface area contributed by atoms with E-state index in [1.165, 1.54) is 31.5 Å². The van der Waals surface area contributed by atoms with Gasteiger partial charge in [-0.25, -0.2) is 0 Å². The number of benzene rings is 1. The summed E-state index contributed by atoms with van der Waals surface area (Å²) in [6.07, 6.45) is 2.62. The van der Waals surface area contributed by atoms with Crippen LogP contribution in [0.2, 0.25) is 0 Å². The highest BCUT2D eigenvalue weighted by Crippen LogP contribution is 2.18. The minimum absolute atomic E-state index is 0.0349. The lowest BCUT2D eigenvalue weighted by Crippen LogP contribution is -2.37. The van der Waals surface area contributed by atoms with E-state index >= 15 is 0 Å². The van der Waals surface area contributed by atoms with Gasteiger partial charge in [-0.1, -0.05) is 12.1 Å². The SMILES string of the molecule is CC(C)(CN)C(=O)Nc1ccc(CN2CCCC2)cc1. The highest BCUT2D eigenvalue weighted by atomic mass is 16.2. The molecule has 0 radical (unpaired) electrons. The molecule has 110 valence electrons. The van der Waals surface area contributed by atoms with Crippen molar-refractivity contribution >= 4 is 11.6 Å². The second kappa shape index (κ2) is 6.37. The van der Waals surface area contributed by atoms with Crippen molar-refractivity contribution in [1.29, 1.82) is 0 Å². The molecule has 0 bridgehead atoms. The van der Waals surface area contributed by atoms with Crippen LogP contribution in [0.25, 0.3) is 0 Å². The third kappa shape index (κ3) is 3.81. The Kier molecular flexibility index (Phi) is 4.78. The number of hydrogen-bond acceptors (Lipinski definition) is 3. The molecule has 4 heteroatoms. The quantitative estimate of drug-likeness (QED) is 0.866. The molecule has 0 aliphatic carbocycles. The van der Waals surface area contributed by atoms with E-state index < -0.39 is 5.41 Å². The van der Waals surface area contributed by atoms with Crippen molar-refractivity contribution in [3.05, 3.63) is 29.8 Å². The van der Waals surface area contributed by atoms with Crippen molar-refractivity contribution in [3.8, 4) is 0 Å². The van der Waals surface area contributed by atoms with Crippen LogP contribution in [0, 0.1) is 5.41 Å². The molecule has 1 aliphatic heterocycles. The number of nitrogens with zero attached hydrogens (tertiary/aromatic N) is 1. The second-order valence-electron chi connectivity index (χ2n) is 6.22. The van der Waals surface area contributed by atoms with Crippen molar-refractivity contribution < 1.29 is 4.79 Å². The van der Waals surface area contributed by atoms with Crippen LogP contribution >= 0.6 is 0 Å². The fourth-order valence-corrected chi connectivity index (χ4v) is 2.29. The van der Waals surface area contributed by atoms with E-state index in [1.54, 1.807) is 0 Å². The van der Waals surface area contributed by atoms with Gasteiger partial charge in [0.25, 0.3) is 0 Å². The van der Waals surface area contributed by atoms with E-state index in [4.69, 9.17) is 5.73 Å². The number of likely N-dealkylation sites (tertiary alicyclic amines) is 1. The average Bonchev–Trinajstić information content (AvgIpc) is 2.94. The lowest BCUT2D eigenvalue weighted by Gasteiger charge is -2.21. The maximum Gasteiger partial charge on any atom is 0.231 e. The zero-order valence-corrected chi connectivity index (χ0v) is 12.5. The Morgan fingerprint density at radius 3 is 2.40 bits per heavy atom. The molecular weight excluding hydrogens is 250 g/mol. The third-order valence-electron chi connectivity index (χ3n) is 3.94.